The third kappa shape index (κ3) is 5.72. The maximum Gasteiger partial charge on any atom is 0.276 e. The van der Waals surface area contributed by atoms with E-state index in [2.05, 4.69) is 26.8 Å². The first-order valence-electron chi connectivity index (χ1n) is 7.60. The molecule has 6 nitrogen and oxygen atoms in total. The van der Waals surface area contributed by atoms with E-state index in [4.69, 9.17) is 4.74 Å². The van der Waals surface area contributed by atoms with Crippen molar-refractivity contribution in [1.29, 1.82) is 0 Å². The molecule has 2 rings (SSSR count). The molecule has 0 fully saturated rings. The zero-order valence-electron chi connectivity index (χ0n) is 13.5. The zero-order valence-corrected chi connectivity index (χ0v) is 15.1. The van der Waals surface area contributed by atoms with Crippen LogP contribution in [0.3, 0.4) is 0 Å². The van der Waals surface area contributed by atoms with Crippen molar-refractivity contribution in [3.8, 4) is 5.75 Å². The van der Waals surface area contributed by atoms with Gasteiger partial charge in [-0.05, 0) is 48.5 Å². The van der Waals surface area contributed by atoms with Crippen molar-refractivity contribution in [2.75, 3.05) is 6.61 Å². The molecule has 0 heterocycles. The van der Waals surface area contributed by atoms with Crippen LogP contribution in [0.5, 0.6) is 5.75 Å². The van der Waals surface area contributed by atoms with Crippen LogP contribution < -0.4 is 15.6 Å². The predicted octanol–water partition coefficient (Wildman–Crippen LogP) is 2.88. The molecule has 7 heteroatoms. The van der Waals surface area contributed by atoms with E-state index < -0.39 is 11.8 Å². The van der Waals surface area contributed by atoms with Crippen LogP contribution in [0.1, 0.15) is 34.1 Å². The van der Waals surface area contributed by atoms with Crippen molar-refractivity contribution in [2.24, 2.45) is 0 Å². The van der Waals surface area contributed by atoms with Gasteiger partial charge >= 0.3 is 0 Å². The molecule has 130 valence electrons. The first-order valence-corrected chi connectivity index (χ1v) is 8.39. The lowest BCUT2D eigenvalue weighted by Gasteiger charge is -2.09. The Kier molecular flexibility index (Phi) is 6.71. The fourth-order valence-electron chi connectivity index (χ4n) is 1.93. The Labute approximate surface area is 153 Å². The van der Waals surface area contributed by atoms with Crippen LogP contribution in [-0.2, 0) is 4.79 Å². The third-order valence-corrected chi connectivity index (χ3v) is 3.82. The zero-order chi connectivity index (χ0) is 18.2. The van der Waals surface area contributed by atoms with Crippen LogP contribution in [0.15, 0.2) is 53.0 Å². The summed E-state index contributed by atoms with van der Waals surface area (Å²) in [7, 11) is 0. The van der Waals surface area contributed by atoms with E-state index in [9.17, 15) is 14.4 Å². The summed E-state index contributed by atoms with van der Waals surface area (Å²) in [5, 5.41) is 0. The Morgan fingerprint density at radius 2 is 1.52 bits per heavy atom. The van der Waals surface area contributed by atoms with E-state index in [1.165, 1.54) is 0 Å². The molecule has 0 saturated carbocycles. The molecule has 0 bridgehead atoms. The number of amides is 2. The fraction of sp³-hybridized carbons (Fsp3) is 0.167. The number of hydrazine groups is 1. The summed E-state index contributed by atoms with van der Waals surface area (Å²) < 4.78 is 6.16. The van der Waals surface area contributed by atoms with Gasteiger partial charge in [-0.2, -0.15) is 0 Å². The molecule has 0 radical (unpaired) electrons. The van der Waals surface area contributed by atoms with Crippen LogP contribution in [0.2, 0.25) is 0 Å². The predicted molar refractivity (Wildman–Crippen MR) is 96.3 cm³/mol. The average molecular weight is 405 g/mol. The number of ketones is 1. The van der Waals surface area contributed by atoms with Gasteiger partial charge < -0.3 is 4.74 Å². The highest BCUT2D eigenvalue weighted by atomic mass is 79.9. The molecule has 0 aliphatic carbocycles. The van der Waals surface area contributed by atoms with Gasteiger partial charge in [0.05, 0.1) is 0 Å². The number of rotatable bonds is 6. The number of nitrogens with one attached hydrogen (secondary N) is 2. The maximum atomic E-state index is 11.9. The van der Waals surface area contributed by atoms with Gasteiger partial charge in [-0.25, -0.2) is 0 Å². The van der Waals surface area contributed by atoms with Gasteiger partial charge in [0, 0.05) is 22.0 Å². The summed E-state index contributed by atoms with van der Waals surface area (Å²) in [6.07, 6.45) is 0.431. The van der Waals surface area contributed by atoms with Crippen molar-refractivity contribution < 1.29 is 19.1 Å². The van der Waals surface area contributed by atoms with Gasteiger partial charge in [-0.1, -0.05) is 22.9 Å². The van der Waals surface area contributed by atoms with E-state index in [1.54, 1.807) is 55.5 Å². The van der Waals surface area contributed by atoms with Crippen molar-refractivity contribution in [1.82, 2.24) is 10.9 Å². The average Bonchev–Trinajstić information content (AvgIpc) is 2.64. The van der Waals surface area contributed by atoms with Gasteiger partial charge in [-0.15, -0.1) is 0 Å². The fourth-order valence-corrected chi connectivity index (χ4v) is 2.19. The number of carbonyl (C=O) groups excluding carboxylic acids is 3. The normalized spacial score (nSPS) is 10.0. The Morgan fingerprint density at radius 1 is 0.920 bits per heavy atom. The first kappa shape index (κ1) is 18.7. The Morgan fingerprint density at radius 3 is 2.12 bits per heavy atom. The summed E-state index contributed by atoms with van der Waals surface area (Å²) in [4.78, 5) is 35.1. The van der Waals surface area contributed by atoms with Gasteiger partial charge in [0.1, 0.15) is 5.75 Å². The molecule has 25 heavy (non-hydrogen) atoms. The van der Waals surface area contributed by atoms with Crippen LogP contribution in [0, 0.1) is 0 Å². The van der Waals surface area contributed by atoms with Gasteiger partial charge in [0.25, 0.3) is 11.8 Å². The molecule has 0 spiro atoms. The largest absolute Gasteiger partial charge is 0.484 e. The lowest BCUT2D eigenvalue weighted by molar-refractivity contribution is -0.123. The number of carbonyl (C=O) groups is 3. The van der Waals surface area contributed by atoms with Gasteiger partial charge in [0.2, 0.25) is 0 Å². The van der Waals surface area contributed by atoms with Gasteiger partial charge in [-0.3, -0.25) is 25.2 Å². The molecular weight excluding hydrogens is 388 g/mol. The molecule has 2 amide bonds. The van der Waals surface area contributed by atoms with Crippen molar-refractivity contribution in [3.05, 3.63) is 64.1 Å². The molecule has 0 atom stereocenters. The van der Waals surface area contributed by atoms with Crippen molar-refractivity contribution in [3.63, 3.8) is 0 Å². The van der Waals surface area contributed by atoms with E-state index >= 15 is 0 Å². The SMILES string of the molecule is CCC(=O)c1ccc(OCC(=O)NNC(=O)c2ccc(Br)cc2)cc1. The number of benzene rings is 2. The maximum absolute atomic E-state index is 11.9. The molecule has 0 unspecified atom stereocenters. The number of hydrogen-bond donors (Lipinski definition) is 2. The standard InChI is InChI=1S/C18H17BrN2O4/c1-2-16(22)12-5-9-15(10-6-12)25-11-17(23)20-21-18(24)13-3-7-14(19)8-4-13/h3-10H,2,11H2,1H3,(H,20,23)(H,21,24). The van der Waals surface area contributed by atoms with Crippen LogP contribution in [-0.4, -0.2) is 24.2 Å². The summed E-state index contributed by atoms with van der Waals surface area (Å²) in [5.74, 6) is -0.426. The van der Waals surface area contributed by atoms with Crippen LogP contribution in [0.25, 0.3) is 0 Å². The second-order valence-electron chi connectivity index (χ2n) is 5.10. The first-order chi connectivity index (χ1) is 12.0. The minimum absolute atomic E-state index is 0.0416. The Hall–Kier alpha value is -2.67. The lowest BCUT2D eigenvalue weighted by atomic mass is 10.1. The quantitative estimate of drug-likeness (QED) is 0.572. The van der Waals surface area contributed by atoms with E-state index in [0.29, 0.717) is 23.3 Å². The number of halogens is 1. The second kappa shape index (κ2) is 8.98. The number of ether oxygens (including phenoxy) is 1. The molecule has 0 aliphatic heterocycles. The van der Waals surface area contributed by atoms with E-state index in [1.807, 2.05) is 0 Å². The third-order valence-electron chi connectivity index (χ3n) is 3.29. The molecular formula is C18H17BrN2O4. The molecule has 0 saturated heterocycles. The minimum atomic E-state index is -0.501. The second-order valence-corrected chi connectivity index (χ2v) is 6.01. The van der Waals surface area contributed by atoms with E-state index in [0.717, 1.165) is 4.47 Å². The molecule has 2 aromatic carbocycles. The summed E-state index contributed by atoms with van der Waals surface area (Å²) >= 11 is 3.28. The molecule has 2 N–H and O–H groups in total. The highest BCUT2D eigenvalue weighted by Gasteiger charge is 2.08. The number of Topliss-reactive ketones (excluding diaryl/α,β-unsaturated/α-hetero) is 1. The molecule has 2 aromatic rings. The molecule has 0 aliphatic rings. The van der Waals surface area contributed by atoms with Gasteiger partial charge in [0.15, 0.2) is 12.4 Å². The monoisotopic (exact) mass is 404 g/mol. The summed E-state index contributed by atoms with van der Waals surface area (Å²) in [6, 6.07) is 13.2. The molecule has 0 aromatic heterocycles. The topological polar surface area (TPSA) is 84.5 Å². The highest BCUT2D eigenvalue weighted by Crippen LogP contribution is 2.13. The smallest absolute Gasteiger partial charge is 0.276 e. The van der Waals surface area contributed by atoms with Crippen LogP contribution >= 0.6 is 15.9 Å². The highest BCUT2D eigenvalue weighted by molar-refractivity contribution is 9.10. The number of hydrogen-bond acceptors (Lipinski definition) is 4. The van der Waals surface area contributed by atoms with Crippen LogP contribution in [0.4, 0.5) is 0 Å². The summed E-state index contributed by atoms with van der Waals surface area (Å²) in [6.45, 7) is 1.53. The Bertz CT molecular complexity index is 758. The van der Waals surface area contributed by atoms with E-state index in [-0.39, 0.29) is 12.4 Å². The van der Waals surface area contributed by atoms with Crippen molar-refractivity contribution >= 4 is 33.5 Å². The summed E-state index contributed by atoms with van der Waals surface area (Å²) in [5.41, 5.74) is 5.60. The Balaban J connectivity index is 1.77. The minimum Gasteiger partial charge on any atom is -0.484 e. The lowest BCUT2D eigenvalue weighted by Crippen LogP contribution is -2.43. The van der Waals surface area contributed by atoms with Crippen molar-refractivity contribution in [2.45, 2.75) is 13.3 Å².